The van der Waals surface area contributed by atoms with Gasteiger partial charge in [-0.15, -0.1) is 0 Å². The Morgan fingerprint density at radius 2 is 1.94 bits per heavy atom. The standard InChI is InChI=1S/C11H12Cl2NO2PS/c1-7(2)15-17(3,18)16-11-5-9(12)8(6-14)4-10(11)13/h4-5,7H,1-3H3. The number of benzene rings is 1. The number of halogens is 2. The molecular weight excluding hydrogens is 312 g/mol. The Bertz CT molecular complexity index is 543. The van der Waals surface area contributed by atoms with Gasteiger partial charge in [-0.2, -0.15) is 5.26 Å². The Morgan fingerprint density at radius 1 is 1.33 bits per heavy atom. The highest BCUT2D eigenvalue weighted by Gasteiger charge is 2.18. The van der Waals surface area contributed by atoms with Crippen molar-refractivity contribution in [3.8, 4) is 11.8 Å². The topological polar surface area (TPSA) is 42.2 Å². The van der Waals surface area contributed by atoms with Crippen molar-refractivity contribution in [2.75, 3.05) is 6.66 Å². The molecule has 1 rings (SSSR count). The summed E-state index contributed by atoms with van der Waals surface area (Å²) >= 11 is 17.2. The van der Waals surface area contributed by atoms with E-state index in [4.69, 9.17) is 49.3 Å². The largest absolute Gasteiger partial charge is 0.442 e. The molecule has 18 heavy (non-hydrogen) atoms. The quantitative estimate of drug-likeness (QED) is 0.759. The van der Waals surface area contributed by atoms with Crippen LogP contribution in [0.5, 0.6) is 5.75 Å². The van der Waals surface area contributed by atoms with E-state index in [1.165, 1.54) is 12.1 Å². The van der Waals surface area contributed by atoms with Gasteiger partial charge in [0.15, 0.2) is 0 Å². The van der Waals surface area contributed by atoms with Gasteiger partial charge in [0, 0.05) is 12.7 Å². The van der Waals surface area contributed by atoms with Gasteiger partial charge in [-0.25, -0.2) is 0 Å². The minimum atomic E-state index is -2.43. The van der Waals surface area contributed by atoms with Gasteiger partial charge in [0.2, 0.25) is 6.49 Å². The average Bonchev–Trinajstić information content (AvgIpc) is 2.20. The zero-order chi connectivity index (χ0) is 13.9. The third-order valence-corrected chi connectivity index (χ3v) is 4.23. The normalized spacial score (nSPS) is 14.1. The van der Waals surface area contributed by atoms with E-state index in [0.29, 0.717) is 16.3 Å². The van der Waals surface area contributed by atoms with Crippen LogP contribution in [0.1, 0.15) is 19.4 Å². The van der Waals surface area contributed by atoms with E-state index in [1.807, 2.05) is 19.9 Å². The molecule has 0 aliphatic carbocycles. The molecule has 0 saturated carbocycles. The minimum absolute atomic E-state index is 0.0338. The predicted octanol–water partition coefficient (Wildman–Crippen LogP) is 4.61. The first-order valence-corrected chi connectivity index (χ1v) is 8.94. The van der Waals surface area contributed by atoms with E-state index >= 15 is 0 Å². The SMILES string of the molecule is CC(C)OP(C)(=S)Oc1cc(Cl)c(C#N)cc1Cl. The van der Waals surface area contributed by atoms with Gasteiger partial charge in [0.25, 0.3) is 0 Å². The molecule has 0 bridgehead atoms. The Morgan fingerprint density at radius 3 is 2.44 bits per heavy atom. The Kier molecular flexibility index (Phi) is 5.46. The highest BCUT2D eigenvalue weighted by Crippen LogP contribution is 2.48. The van der Waals surface area contributed by atoms with Crippen molar-refractivity contribution in [3.63, 3.8) is 0 Å². The number of nitriles is 1. The lowest BCUT2D eigenvalue weighted by Gasteiger charge is -2.21. The fraction of sp³-hybridized carbons (Fsp3) is 0.364. The summed E-state index contributed by atoms with van der Waals surface area (Å²) in [6, 6.07) is 4.87. The molecule has 0 aromatic heterocycles. The molecule has 1 aromatic rings. The molecule has 0 aliphatic heterocycles. The van der Waals surface area contributed by atoms with Gasteiger partial charge < -0.3 is 9.05 Å². The molecule has 1 atom stereocenters. The van der Waals surface area contributed by atoms with Crippen LogP contribution in [0.25, 0.3) is 0 Å². The van der Waals surface area contributed by atoms with E-state index in [1.54, 1.807) is 6.66 Å². The molecule has 7 heteroatoms. The second kappa shape index (κ2) is 6.23. The Balaban J connectivity index is 3.03. The molecule has 1 unspecified atom stereocenters. The summed E-state index contributed by atoms with van der Waals surface area (Å²) in [4.78, 5) is 0. The number of hydrogen-bond donors (Lipinski definition) is 0. The molecule has 0 radical (unpaired) electrons. The van der Waals surface area contributed by atoms with Gasteiger partial charge >= 0.3 is 0 Å². The van der Waals surface area contributed by atoms with Crippen LogP contribution in [0.2, 0.25) is 10.0 Å². The van der Waals surface area contributed by atoms with Crippen LogP contribution in [0, 0.1) is 11.3 Å². The summed E-state index contributed by atoms with van der Waals surface area (Å²) in [6.07, 6.45) is -0.0338. The summed E-state index contributed by atoms with van der Waals surface area (Å²) in [6.45, 7) is 3.03. The van der Waals surface area contributed by atoms with Crippen molar-refractivity contribution in [2.45, 2.75) is 20.0 Å². The minimum Gasteiger partial charge on any atom is -0.442 e. The van der Waals surface area contributed by atoms with Crippen molar-refractivity contribution in [3.05, 3.63) is 27.7 Å². The van der Waals surface area contributed by atoms with Gasteiger partial charge in [-0.1, -0.05) is 23.2 Å². The molecule has 0 amide bonds. The van der Waals surface area contributed by atoms with Crippen LogP contribution in [0.15, 0.2) is 12.1 Å². The predicted molar refractivity (Wildman–Crippen MR) is 78.2 cm³/mol. The van der Waals surface area contributed by atoms with Gasteiger partial charge in [0.05, 0.1) is 21.7 Å². The molecule has 0 aliphatic rings. The lowest BCUT2D eigenvalue weighted by atomic mass is 10.2. The maximum absolute atomic E-state index is 8.81. The summed E-state index contributed by atoms with van der Waals surface area (Å²) in [5.41, 5.74) is 0.295. The number of rotatable bonds is 4. The van der Waals surface area contributed by atoms with Crippen LogP contribution < -0.4 is 4.52 Å². The van der Waals surface area contributed by atoms with Crippen LogP contribution in [-0.2, 0) is 16.3 Å². The third kappa shape index (κ3) is 4.42. The molecule has 0 N–H and O–H groups in total. The summed E-state index contributed by atoms with van der Waals surface area (Å²) in [5.74, 6) is 0.340. The first-order chi connectivity index (χ1) is 8.25. The highest BCUT2D eigenvalue weighted by molar-refractivity contribution is 8.09. The zero-order valence-corrected chi connectivity index (χ0v) is 13.3. The average molecular weight is 324 g/mol. The molecular formula is C11H12Cl2NO2PS. The molecule has 98 valence electrons. The fourth-order valence-electron chi connectivity index (χ4n) is 1.27. The van der Waals surface area contributed by atoms with E-state index in [-0.39, 0.29) is 11.1 Å². The second-order valence-electron chi connectivity index (χ2n) is 3.89. The monoisotopic (exact) mass is 323 g/mol. The van der Waals surface area contributed by atoms with Crippen LogP contribution in [0.3, 0.4) is 0 Å². The van der Waals surface area contributed by atoms with Gasteiger partial charge in [-0.05, 0) is 31.7 Å². The zero-order valence-electron chi connectivity index (χ0n) is 10.1. The first-order valence-electron chi connectivity index (χ1n) is 5.10. The molecule has 0 fully saturated rings. The lowest BCUT2D eigenvalue weighted by Crippen LogP contribution is -2.04. The summed E-state index contributed by atoms with van der Waals surface area (Å²) < 4.78 is 11.1. The van der Waals surface area contributed by atoms with Crippen LogP contribution in [0.4, 0.5) is 0 Å². The maximum Gasteiger partial charge on any atom is 0.235 e. The molecule has 0 saturated heterocycles. The van der Waals surface area contributed by atoms with Gasteiger partial charge in [-0.3, -0.25) is 0 Å². The van der Waals surface area contributed by atoms with Crippen molar-refractivity contribution in [1.82, 2.24) is 0 Å². The van der Waals surface area contributed by atoms with E-state index < -0.39 is 6.49 Å². The third-order valence-electron chi connectivity index (χ3n) is 1.81. The van der Waals surface area contributed by atoms with Crippen molar-refractivity contribution in [2.24, 2.45) is 0 Å². The second-order valence-corrected chi connectivity index (χ2v) is 8.63. The molecule has 3 nitrogen and oxygen atoms in total. The Hall–Kier alpha value is -0.300. The Labute approximate surface area is 122 Å². The van der Waals surface area contributed by atoms with Gasteiger partial charge in [0.1, 0.15) is 11.8 Å². The van der Waals surface area contributed by atoms with E-state index in [9.17, 15) is 0 Å². The van der Waals surface area contributed by atoms with Crippen molar-refractivity contribution < 1.29 is 9.05 Å². The number of hydrogen-bond acceptors (Lipinski definition) is 4. The molecule has 0 spiro atoms. The van der Waals surface area contributed by atoms with Crippen molar-refractivity contribution in [1.29, 1.82) is 5.26 Å². The van der Waals surface area contributed by atoms with Crippen LogP contribution >= 0.6 is 29.7 Å². The lowest BCUT2D eigenvalue weighted by molar-refractivity contribution is 0.245. The summed E-state index contributed by atoms with van der Waals surface area (Å²) in [7, 11) is 0. The molecule has 0 heterocycles. The van der Waals surface area contributed by atoms with Crippen LogP contribution in [-0.4, -0.2) is 12.8 Å². The molecule has 1 aromatic carbocycles. The number of nitrogens with zero attached hydrogens (tertiary/aromatic N) is 1. The maximum atomic E-state index is 8.81. The highest BCUT2D eigenvalue weighted by atomic mass is 35.5. The fourth-order valence-corrected chi connectivity index (χ4v) is 3.79. The van der Waals surface area contributed by atoms with E-state index in [0.717, 1.165) is 0 Å². The van der Waals surface area contributed by atoms with E-state index in [2.05, 4.69) is 0 Å². The summed E-state index contributed by atoms with van der Waals surface area (Å²) in [5, 5.41) is 9.38. The first kappa shape index (κ1) is 15.8. The smallest absolute Gasteiger partial charge is 0.235 e. The van der Waals surface area contributed by atoms with Crippen molar-refractivity contribution >= 4 is 41.5 Å².